The molecule has 3 N–H and O–H groups in total. The molecule has 5 rings (SSSR count). The van der Waals surface area contributed by atoms with Crippen molar-refractivity contribution in [1.82, 2.24) is 9.88 Å². The fourth-order valence-electron chi connectivity index (χ4n) is 4.42. The summed E-state index contributed by atoms with van der Waals surface area (Å²) in [5, 5.41) is 14.3. The van der Waals surface area contributed by atoms with Gasteiger partial charge in [0.1, 0.15) is 30.3 Å². The van der Waals surface area contributed by atoms with Gasteiger partial charge in [0.05, 0.1) is 27.5 Å². The summed E-state index contributed by atoms with van der Waals surface area (Å²) in [6, 6.07) is 21.2. The maximum Gasteiger partial charge on any atom is 0.144 e. The van der Waals surface area contributed by atoms with Gasteiger partial charge in [0.15, 0.2) is 0 Å². The van der Waals surface area contributed by atoms with Crippen LogP contribution in [0.5, 0.6) is 11.5 Å². The quantitative estimate of drug-likeness (QED) is 0.286. The molecule has 2 heterocycles. The Balaban J connectivity index is 1.38. The first-order chi connectivity index (χ1) is 18.0. The van der Waals surface area contributed by atoms with Crippen LogP contribution >= 0.6 is 11.6 Å². The fraction of sp³-hybridized carbons (Fsp3) is 0.241. The number of hydrogen-bond donors (Lipinski definition) is 2. The van der Waals surface area contributed by atoms with E-state index in [1.165, 1.54) is 0 Å². The molecule has 1 aliphatic heterocycles. The van der Waals surface area contributed by atoms with Gasteiger partial charge in [0.2, 0.25) is 0 Å². The van der Waals surface area contributed by atoms with Crippen LogP contribution in [-0.2, 0) is 6.61 Å². The number of aromatic nitrogens is 1. The molecule has 7 nitrogen and oxygen atoms in total. The van der Waals surface area contributed by atoms with Gasteiger partial charge in [-0.3, -0.25) is 4.98 Å². The highest BCUT2D eigenvalue weighted by atomic mass is 35.5. The number of nitrogens with two attached hydrogens (primary N) is 1. The maximum atomic E-state index is 9.76. The third-order valence-corrected chi connectivity index (χ3v) is 6.81. The average Bonchev–Trinajstić information content (AvgIpc) is 2.91. The van der Waals surface area contributed by atoms with Crippen molar-refractivity contribution in [1.29, 1.82) is 5.26 Å². The Bertz CT molecular complexity index is 1450. The number of nitrogens with one attached hydrogen (secondary N) is 1. The molecule has 3 aromatic carbocycles. The third kappa shape index (κ3) is 5.72. The molecule has 4 aromatic rings. The highest BCUT2D eigenvalue weighted by molar-refractivity contribution is 6.32. The number of pyridine rings is 1. The zero-order chi connectivity index (χ0) is 25.8. The molecule has 0 radical (unpaired) electrons. The van der Waals surface area contributed by atoms with Crippen molar-refractivity contribution in [3.05, 3.63) is 83.0 Å². The summed E-state index contributed by atoms with van der Waals surface area (Å²) in [4.78, 5) is 6.79. The van der Waals surface area contributed by atoms with E-state index in [1.807, 2.05) is 54.6 Å². The number of hydrogen-bond acceptors (Lipinski definition) is 7. The number of nitriles is 1. The average molecular weight is 514 g/mol. The Labute approximate surface area is 221 Å². The van der Waals surface area contributed by atoms with Crippen molar-refractivity contribution < 1.29 is 9.47 Å². The molecule has 1 aliphatic rings. The Hall–Kier alpha value is -3.99. The molecule has 0 saturated carbocycles. The molecule has 188 valence electrons. The largest absolute Gasteiger partial charge is 0.488 e. The molecule has 37 heavy (non-hydrogen) atoms. The van der Waals surface area contributed by atoms with Crippen LogP contribution in [0, 0.1) is 11.3 Å². The zero-order valence-corrected chi connectivity index (χ0v) is 21.3. The number of piperidine rings is 1. The minimum absolute atomic E-state index is 0.122. The van der Waals surface area contributed by atoms with Crippen LogP contribution in [0.1, 0.15) is 24.0 Å². The number of rotatable bonds is 7. The number of likely N-dealkylation sites (tertiary alicyclic amines) is 1. The van der Waals surface area contributed by atoms with Crippen molar-refractivity contribution >= 4 is 39.6 Å². The SMILES string of the molecule is CN1CCC(Oc2cc3ncc(C#N)c(Nc4ccc(OCc5ccccc5)c(Cl)c4)c3cc2N)CC1. The normalized spacial score (nSPS) is 14.3. The molecule has 0 aliphatic carbocycles. The maximum absolute atomic E-state index is 9.76. The first-order valence-electron chi connectivity index (χ1n) is 12.2. The monoisotopic (exact) mass is 513 g/mol. The van der Waals surface area contributed by atoms with Gasteiger partial charge in [-0.2, -0.15) is 5.26 Å². The summed E-state index contributed by atoms with van der Waals surface area (Å²) < 4.78 is 12.1. The van der Waals surface area contributed by atoms with Crippen molar-refractivity contribution in [2.75, 3.05) is 31.2 Å². The molecule has 1 aromatic heterocycles. The van der Waals surface area contributed by atoms with Crippen molar-refractivity contribution in [2.45, 2.75) is 25.6 Å². The highest BCUT2D eigenvalue weighted by Gasteiger charge is 2.20. The summed E-state index contributed by atoms with van der Waals surface area (Å²) >= 11 is 6.52. The molecule has 0 atom stereocenters. The number of ether oxygens (including phenoxy) is 2. The van der Waals surface area contributed by atoms with E-state index < -0.39 is 0 Å². The number of anilines is 3. The van der Waals surface area contributed by atoms with E-state index in [4.69, 9.17) is 26.8 Å². The molecule has 0 amide bonds. The molecule has 1 saturated heterocycles. The van der Waals surface area contributed by atoms with E-state index in [0.717, 1.165) is 36.9 Å². The minimum Gasteiger partial charge on any atom is -0.488 e. The van der Waals surface area contributed by atoms with E-state index in [-0.39, 0.29) is 6.10 Å². The molecule has 8 heteroatoms. The Morgan fingerprint density at radius 1 is 1.11 bits per heavy atom. The lowest BCUT2D eigenvalue weighted by Gasteiger charge is -2.29. The van der Waals surface area contributed by atoms with Crippen LogP contribution < -0.4 is 20.5 Å². The molecular formula is C29H28ClN5O2. The third-order valence-electron chi connectivity index (χ3n) is 6.52. The summed E-state index contributed by atoms with van der Waals surface area (Å²) in [6.45, 7) is 2.41. The van der Waals surface area contributed by atoms with E-state index in [1.54, 1.807) is 12.3 Å². The first-order valence-corrected chi connectivity index (χ1v) is 12.6. The lowest BCUT2D eigenvalue weighted by atomic mass is 10.1. The fourth-order valence-corrected chi connectivity index (χ4v) is 4.65. The van der Waals surface area contributed by atoms with E-state index in [0.29, 0.717) is 51.3 Å². The van der Waals surface area contributed by atoms with Gasteiger partial charge in [-0.05, 0) is 49.7 Å². The minimum atomic E-state index is 0.122. The van der Waals surface area contributed by atoms with Gasteiger partial charge < -0.3 is 25.4 Å². The molecule has 0 spiro atoms. The first kappa shape index (κ1) is 24.7. The van der Waals surface area contributed by atoms with Gasteiger partial charge in [0, 0.05) is 36.4 Å². The number of fused-ring (bicyclic) bond motifs is 1. The Morgan fingerprint density at radius 3 is 2.62 bits per heavy atom. The Kier molecular flexibility index (Phi) is 7.31. The summed E-state index contributed by atoms with van der Waals surface area (Å²) in [5.74, 6) is 1.20. The van der Waals surface area contributed by atoms with Crippen molar-refractivity contribution in [3.8, 4) is 17.6 Å². The lowest BCUT2D eigenvalue weighted by molar-refractivity contribution is 0.115. The summed E-state index contributed by atoms with van der Waals surface area (Å²) in [6.07, 6.45) is 3.58. The molecule has 0 unspecified atom stereocenters. The van der Waals surface area contributed by atoms with Gasteiger partial charge in [-0.25, -0.2) is 0 Å². The summed E-state index contributed by atoms with van der Waals surface area (Å²) in [5.41, 5.74) is 10.4. The van der Waals surface area contributed by atoms with Crippen LogP contribution in [0.4, 0.5) is 17.1 Å². The van der Waals surface area contributed by atoms with E-state index in [9.17, 15) is 5.26 Å². The second kappa shape index (κ2) is 11.0. The Morgan fingerprint density at radius 2 is 1.89 bits per heavy atom. The van der Waals surface area contributed by atoms with Crippen molar-refractivity contribution in [2.24, 2.45) is 0 Å². The second-order valence-corrected chi connectivity index (χ2v) is 9.64. The van der Waals surface area contributed by atoms with Gasteiger partial charge in [-0.15, -0.1) is 0 Å². The van der Waals surface area contributed by atoms with Crippen molar-refractivity contribution in [3.63, 3.8) is 0 Å². The lowest BCUT2D eigenvalue weighted by Crippen LogP contribution is -2.35. The zero-order valence-electron chi connectivity index (χ0n) is 20.6. The highest BCUT2D eigenvalue weighted by Crippen LogP contribution is 2.37. The van der Waals surface area contributed by atoms with Crippen LogP contribution in [0.3, 0.4) is 0 Å². The van der Waals surface area contributed by atoms with Crippen LogP contribution in [0.2, 0.25) is 5.02 Å². The topological polar surface area (TPSA) is 96.4 Å². The molecule has 1 fully saturated rings. The van der Waals surface area contributed by atoms with E-state index >= 15 is 0 Å². The number of nitrogens with zero attached hydrogens (tertiary/aromatic N) is 3. The standard InChI is InChI=1S/C29H28ClN5O2/c1-35-11-9-22(10-12-35)37-28-15-26-23(14-25(28)32)29(20(16-31)17-33-26)34-21-7-8-27(24(30)13-21)36-18-19-5-3-2-4-6-19/h2-8,13-15,17,22H,9-12,18,32H2,1H3,(H,33,34). The molecule has 0 bridgehead atoms. The number of nitrogen functional groups attached to an aromatic ring is 1. The predicted octanol–water partition coefficient (Wildman–Crippen LogP) is 6.14. The van der Waals surface area contributed by atoms with Crippen LogP contribution in [-0.4, -0.2) is 36.1 Å². The van der Waals surface area contributed by atoms with E-state index in [2.05, 4.69) is 28.3 Å². The van der Waals surface area contributed by atoms with Crippen LogP contribution in [0.15, 0.2) is 66.9 Å². The van der Waals surface area contributed by atoms with Gasteiger partial charge >= 0.3 is 0 Å². The summed E-state index contributed by atoms with van der Waals surface area (Å²) in [7, 11) is 2.12. The smallest absolute Gasteiger partial charge is 0.144 e. The second-order valence-electron chi connectivity index (χ2n) is 9.23. The van der Waals surface area contributed by atoms with Gasteiger partial charge in [-0.1, -0.05) is 41.9 Å². The predicted molar refractivity (Wildman–Crippen MR) is 148 cm³/mol. The van der Waals surface area contributed by atoms with Crippen LogP contribution in [0.25, 0.3) is 10.9 Å². The molecular weight excluding hydrogens is 486 g/mol. The van der Waals surface area contributed by atoms with Gasteiger partial charge in [0.25, 0.3) is 0 Å². The number of benzene rings is 3. The number of halogens is 1.